The number of rotatable bonds is 2. The fraction of sp³-hybridized carbons (Fsp3) is 0.400. The van der Waals surface area contributed by atoms with Crippen LogP contribution in [0.4, 0.5) is 13.2 Å². The zero-order chi connectivity index (χ0) is 10.1. The molecule has 0 bridgehead atoms. The molecule has 2 N–H and O–H groups in total. The molecule has 0 radical (unpaired) electrons. The van der Waals surface area contributed by atoms with E-state index in [9.17, 15) is 18.0 Å². The number of primary amides is 1. The smallest absolute Gasteiger partial charge is 0.363 e. The third-order valence-electron chi connectivity index (χ3n) is 1.10. The van der Waals surface area contributed by atoms with Gasteiger partial charge in [-0.1, -0.05) is 0 Å². The Morgan fingerprint density at radius 1 is 1.62 bits per heavy atom. The topological polar surface area (TPSA) is 73.8 Å². The molecule has 8 heteroatoms. The summed E-state index contributed by atoms with van der Waals surface area (Å²) in [5.41, 5.74) is 4.73. The molecule has 1 amide bonds. The second-order valence-electron chi connectivity index (χ2n) is 2.25. The molecule has 1 heterocycles. The third-order valence-corrected chi connectivity index (χ3v) is 1.10. The number of alkyl halides is 3. The van der Waals surface area contributed by atoms with Crippen molar-refractivity contribution in [3.05, 3.63) is 12.2 Å². The van der Waals surface area contributed by atoms with E-state index in [1.165, 1.54) is 0 Å². The maximum Gasteiger partial charge on any atom is 0.408 e. The van der Waals surface area contributed by atoms with E-state index in [0.717, 1.165) is 6.33 Å². The summed E-state index contributed by atoms with van der Waals surface area (Å²) in [7, 11) is 0. The van der Waals surface area contributed by atoms with Crippen molar-refractivity contribution in [1.29, 1.82) is 0 Å². The second-order valence-corrected chi connectivity index (χ2v) is 2.25. The first-order chi connectivity index (χ1) is 5.88. The Morgan fingerprint density at radius 2 is 2.23 bits per heavy atom. The van der Waals surface area contributed by atoms with Gasteiger partial charge in [-0.05, 0) is 0 Å². The van der Waals surface area contributed by atoms with Crippen molar-refractivity contribution in [2.75, 3.05) is 0 Å². The zero-order valence-electron chi connectivity index (χ0n) is 6.25. The van der Waals surface area contributed by atoms with Gasteiger partial charge in [0.05, 0.1) is 0 Å². The average molecular weight is 194 g/mol. The molecule has 0 aliphatic heterocycles. The van der Waals surface area contributed by atoms with Crippen LogP contribution in [0.3, 0.4) is 0 Å². The van der Waals surface area contributed by atoms with Crippen molar-refractivity contribution in [1.82, 2.24) is 14.8 Å². The number of carbonyl (C=O) groups excluding carboxylic acids is 1. The molecule has 0 unspecified atom stereocenters. The van der Waals surface area contributed by atoms with Gasteiger partial charge in [-0.3, -0.25) is 4.79 Å². The fourth-order valence-electron chi connectivity index (χ4n) is 0.667. The standard InChI is InChI=1S/C5H5F3N4O/c6-5(7,8)1-12-2-10-4(11-12)3(9)13/h2H,1H2,(H2,9,13). The molecule has 13 heavy (non-hydrogen) atoms. The van der Waals surface area contributed by atoms with Crippen molar-refractivity contribution in [2.45, 2.75) is 12.7 Å². The van der Waals surface area contributed by atoms with Gasteiger partial charge < -0.3 is 5.73 Å². The lowest BCUT2D eigenvalue weighted by Gasteiger charge is -2.03. The zero-order valence-corrected chi connectivity index (χ0v) is 6.25. The largest absolute Gasteiger partial charge is 0.408 e. The number of aromatic nitrogens is 3. The molecular weight excluding hydrogens is 189 g/mol. The second kappa shape index (κ2) is 3.04. The minimum atomic E-state index is -4.39. The van der Waals surface area contributed by atoms with Gasteiger partial charge in [0.25, 0.3) is 5.91 Å². The van der Waals surface area contributed by atoms with Crippen molar-refractivity contribution < 1.29 is 18.0 Å². The summed E-state index contributed by atoms with van der Waals surface area (Å²) >= 11 is 0. The number of amides is 1. The minimum absolute atomic E-state index is 0.427. The quantitative estimate of drug-likeness (QED) is 0.716. The Kier molecular flexibility index (Phi) is 2.22. The first kappa shape index (κ1) is 9.49. The van der Waals surface area contributed by atoms with Crippen LogP contribution in [0, 0.1) is 0 Å². The molecule has 0 aromatic carbocycles. The normalized spacial score (nSPS) is 11.6. The summed E-state index contributed by atoms with van der Waals surface area (Å²) in [5, 5.41) is 3.21. The third kappa shape index (κ3) is 2.73. The summed E-state index contributed by atoms with van der Waals surface area (Å²) in [6, 6.07) is 0. The fourth-order valence-corrected chi connectivity index (χ4v) is 0.667. The van der Waals surface area contributed by atoms with Crippen LogP contribution in [0.15, 0.2) is 6.33 Å². The summed E-state index contributed by atoms with van der Waals surface area (Å²) in [6.07, 6.45) is -3.59. The van der Waals surface area contributed by atoms with Crippen molar-refractivity contribution in [2.24, 2.45) is 5.73 Å². The lowest BCUT2D eigenvalue weighted by molar-refractivity contribution is -0.142. The number of nitrogens with zero attached hydrogens (tertiary/aromatic N) is 3. The van der Waals surface area contributed by atoms with E-state index in [0.29, 0.717) is 4.68 Å². The predicted molar refractivity (Wildman–Crippen MR) is 34.6 cm³/mol. The lowest BCUT2D eigenvalue weighted by atomic mass is 10.6. The summed E-state index contributed by atoms with van der Waals surface area (Å²) in [5.74, 6) is -1.38. The van der Waals surface area contributed by atoms with Crippen LogP contribution in [-0.2, 0) is 6.54 Å². The molecule has 1 rings (SSSR count). The van der Waals surface area contributed by atoms with Gasteiger partial charge in [0.1, 0.15) is 12.9 Å². The molecule has 1 aromatic rings. The number of hydrogen-bond acceptors (Lipinski definition) is 3. The first-order valence-corrected chi connectivity index (χ1v) is 3.14. The van der Waals surface area contributed by atoms with Gasteiger partial charge in [-0.25, -0.2) is 9.67 Å². The summed E-state index contributed by atoms with van der Waals surface area (Å²) in [4.78, 5) is 13.7. The van der Waals surface area contributed by atoms with Gasteiger partial charge in [-0.2, -0.15) is 13.2 Å². The number of nitrogens with two attached hydrogens (primary N) is 1. The molecule has 0 aliphatic carbocycles. The maximum absolute atomic E-state index is 11.7. The summed E-state index contributed by atoms with van der Waals surface area (Å²) in [6.45, 7) is -1.28. The van der Waals surface area contributed by atoms with Crippen LogP contribution in [0.2, 0.25) is 0 Å². The van der Waals surface area contributed by atoms with Crippen LogP contribution < -0.4 is 5.73 Å². The molecular formula is C5H5F3N4O. The van der Waals surface area contributed by atoms with E-state index < -0.39 is 24.5 Å². The molecule has 0 saturated carbocycles. The van der Waals surface area contributed by atoms with Crippen molar-refractivity contribution in [3.63, 3.8) is 0 Å². The Labute approximate surface area is 70.4 Å². The van der Waals surface area contributed by atoms with Crippen LogP contribution in [0.25, 0.3) is 0 Å². The van der Waals surface area contributed by atoms with E-state index >= 15 is 0 Å². The van der Waals surface area contributed by atoms with E-state index in [1.807, 2.05) is 0 Å². The monoisotopic (exact) mass is 194 g/mol. The van der Waals surface area contributed by atoms with Crippen LogP contribution in [0.5, 0.6) is 0 Å². The molecule has 0 saturated heterocycles. The highest BCUT2D eigenvalue weighted by Gasteiger charge is 2.28. The van der Waals surface area contributed by atoms with Gasteiger partial charge in [0.15, 0.2) is 0 Å². The SMILES string of the molecule is NC(=O)c1ncn(CC(F)(F)F)n1. The first-order valence-electron chi connectivity index (χ1n) is 3.14. The molecule has 1 aromatic heterocycles. The minimum Gasteiger partial charge on any atom is -0.363 e. The number of halogens is 3. The van der Waals surface area contributed by atoms with Gasteiger partial charge in [-0.15, -0.1) is 5.10 Å². The average Bonchev–Trinajstić information content (AvgIpc) is 2.31. The maximum atomic E-state index is 11.7. The molecule has 0 atom stereocenters. The molecule has 72 valence electrons. The van der Waals surface area contributed by atoms with Gasteiger partial charge >= 0.3 is 6.18 Å². The number of hydrogen-bond donors (Lipinski definition) is 1. The Hall–Kier alpha value is -1.60. The predicted octanol–water partition coefficient (Wildman–Crippen LogP) is -0.0607. The van der Waals surface area contributed by atoms with Crippen LogP contribution in [-0.4, -0.2) is 26.8 Å². The molecule has 0 fully saturated rings. The van der Waals surface area contributed by atoms with Gasteiger partial charge in [0, 0.05) is 0 Å². The lowest BCUT2D eigenvalue weighted by Crippen LogP contribution is -2.19. The summed E-state index contributed by atoms with van der Waals surface area (Å²) < 4.78 is 35.7. The van der Waals surface area contributed by atoms with E-state index in [2.05, 4.69) is 10.1 Å². The van der Waals surface area contributed by atoms with E-state index in [-0.39, 0.29) is 0 Å². The van der Waals surface area contributed by atoms with Crippen LogP contribution in [0.1, 0.15) is 10.6 Å². The highest BCUT2D eigenvalue weighted by Crippen LogP contribution is 2.16. The van der Waals surface area contributed by atoms with Crippen molar-refractivity contribution >= 4 is 5.91 Å². The Morgan fingerprint density at radius 3 is 2.62 bits per heavy atom. The Bertz CT molecular complexity index is 318. The number of carbonyl (C=O) groups is 1. The Balaban J connectivity index is 2.75. The molecule has 5 nitrogen and oxygen atoms in total. The van der Waals surface area contributed by atoms with E-state index in [4.69, 9.17) is 5.73 Å². The van der Waals surface area contributed by atoms with Gasteiger partial charge in [0.2, 0.25) is 5.82 Å². The molecule has 0 aliphatic rings. The van der Waals surface area contributed by atoms with Crippen molar-refractivity contribution in [3.8, 4) is 0 Å². The van der Waals surface area contributed by atoms with E-state index in [1.54, 1.807) is 0 Å². The van der Waals surface area contributed by atoms with Crippen LogP contribution >= 0.6 is 0 Å². The molecule has 0 spiro atoms. The highest BCUT2D eigenvalue weighted by atomic mass is 19.4. The highest BCUT2D eigenvalue weighted by molar-refractivity contribution is 5.88.